The maximum atomic E-state index is 12.4. The van der Waals surface area contributed by atoms with Crippen molar-refractivity contribution in [3.05, 3.63) is 58.6 Å². The molecule has 5 nitrogen and oxygen atoms in total. The molecule has 0 heterocycles. The van der Waals surface area contributed by atoms with Crippen molar-refractivity contribution in [3.8, 4) is 0 Å². The average Bonchev–Trinajstić information content (AvgIpc) is 2.53. The fourth-order valence-electron chi connectivity index (χ4n) is 2.10. The van der Waals surface area contributed by atoms with Crippen molar-refractivity contribution >= 4 is 35.1 Å². The summed E-state index contributed by atoms with van der Waals surface area (Å²) in [6, 6.07) is 12.5. The van der Waals surface area contributed by atoms with Crippen LogP contribution in [0.5, 0.6) is 0 Å². The third kappa shape index (κ3) is 4.23. The number of nitrogens with zero attached hydrogens (tertiary/aromatic N) is 2. The Morgan fingerprint density at radius 3 is 2.52 bits per heavy atom. The van der Waals surface area contributed by atoms with Crippen LogP contribution >= 0.6 is 11.6 Å². The van der Waals surface area contributed by atoms with Crippen molar-refractivity contribution in [2.24, 2.45) is 5.16 Å². The maximum Gasteiger partial charge on any atom is 0.255 e. The Bertz CT molecular complexity index is 712. The topological polar surface area (TPSA) is 53.9 Å². The molecular formula is C17H18ClN3O2. The van der Waals surface area contributed by atoms with Gasteiger partial charge in [0.15, 0.2) is 0 Å². The number of oxime groups is 1. The van der Waals surface area contributed by atoms with Crippen LogP contribution in [0.15, 0.2) is 47.6 Å². The maximum absolute atomic E-state index is 12.4. The second kappa shape index (κ2) is 7.65. The highest BCUT2D eigenvalue weighted by Crippen LogP contribution is 2.32. The van der Waals surface area contributed by atoms with E-state index in [0.29, 0.717) is 16.3 Å². The molecule has 0 aliphatic carbocycles. The van der Waals surface area contributed by atoms with Gasteiger partial charge in [0.05, 0.1) is 22.6 Å². The van der Waals surface area contributed by atoms with E-state index in [1.54, 1.807) is 42.6 Å². The Balaban J connectivity index is 2.19. The molecule has 120 valence electrons. The Labute approximate surface area is 140 Å². The number of hydrogen-bond donors (Lipinski definition) is 1. The number of rotatable bonds is 5. The van der Waals surface area contributed by atoms with Gasteiger partial charge in [-0.3, -0.25) is 4.79 Å². The quantitative estimate of drug-likeness (QED) is 0.672. The Morgan fingerprint density at radius 2 is 1.91 bits per heavy atom. The van der Waals surface area contributed by atoms with Gasteiger partial charge in [-0.2, -0.15) is 0 Å². The van der Waals surface area contributed by atoms with E-state index < -0.39 is 0 Å². The van der Waals surface area contributed by atoms with E-state index in [2.05, 4.69) is 15.3 Å². The minimum Gasteiger partial charge on any atom is -0.399 e. The molecule has 0 fully saturated rings. The van der Waals surface area contributed by atoms with E-state index >= 15 is 0 Å². The summed E-state index contributed by atoms with van der Waals surface area (Å²) in [7, 11) is 5.23. The van der Waals surface area contributed by atoms with Crippen molar-refractivity contribution in [2.45, 2.75) is 0 Å². The predicted molar refractivity (Wildman–Crippen MR) is 94.8 cm³/mol. The zero-order chi connectivity index (χ0) is 16.8. The molecule has 0 saturated carbocycles. The molecule has 0 aliphatic rings. The molecule has 0 radical (unpaired) electrons. The number of carbonyl (C=O) groups excluding carboxylic acids is 1. The van der Waals surface area contributed by atoms with E-state index in [-0.39, 0.29) is 5.91 Å². The van der Waals surface area contributed by atoms with E-state index in [9.17, 15) is 4.79 Å². The molecule has 23 heavy (non-hydrogen) atoms. The first kappa shape index (κ1) is 16.8. The summed E-state index contributed by atoms with van der Waals surface area (Å²) < 4.78 is 0. The van der Waals surface area contributed by atoms with Crippen LogP contribution in [0, 0.1) is 0 Å². The fourth-order valence-corrected chi connectivity index (χ4v) is 2.44. The highest BCUT2D eigenvalue weighted by Gasteiger charge is 2.12. The van der Waals surface area contributed by atoms with E-state index in [0.717, 1.165) is 11.3 Å². The lowest BCUT2D eigenvalue weighted by Gasteiger charge is -2.19. The zero-order valence-corrected chi connectivity index (χ0v) is 14.0. The lowest BCUT2D eigenvalue weighted by atomic mass is 10.1. The molecule has 0 aromatic heterocycles. The molecule has 1 N–H and O–H groups in total. The van der Waals surface area contributed by atoms with Crippen LogP contribution in [0.1, 0.15) is 15.9 Å². The van der Waals surface area contributed by atoms with Crippen LogP contribution in [0.2, 0.25) is 5.02 Å². The third-order valence-electron chi connectivity index (χ3n) is 3.16. The van der Waals surface area contributed by atoms with Gasteiger partial charge in [0.1, 0.15) is 7.11 Å². The summed E-state index contributed by atoms with van der Waals surface area (Å²) in [4.78, 5) is 18.9. The Morgan fingerprint density at radius 1 is 1.22 bits per heavy atom. The highest BCUT2D eigenvalue weighted by molar-refractivity contribution is 6.34. The number of benzene rings is 2. The van der Waals surface area contributed by atoms with Gasteiger partial charge in [0.2, 0.25) is 0 Å². The molecule has 2 rings (SSSR count). The van der Waals surface area contributed by atoms with Crippen molar-refractivity contribution in [2.75, 3.05) is 31.4 Å². The van der Waals surface area contributed by atoms with Gasteiger partial charge in [-0.05, 0) is 29.8 Å². The second-order valence-electron chi connectivity index (χ2n) is 5.02. The lowest BCUT2D eigenvalue weighted by molar-refractivity contribution is 0.102. The zero-order valence-electron chi connectivity index (χ0n) is 13.2. The molecule has 1 amide bonds. The number of nitrogens with one attached hydrogen (secondary N) is 1. The van der Waals surface area contributed by atoms with Crippen molar-refractivity contribution < 1.29 is 9.63 Å². The Hall–Kier alpha value is -2.53. The Kier molecular flexibility index (Phi) is 5.60. The SMILES string of the molecule is CO/N=C/c1ccc(C(=O)Nc2cccc(Cl)c2N(C)C)cc1. The molecule has 2 aromatic carbocycles. The lowest BCUT2D eigenvalue weighted by Crippen LogP contribution is -2.17. The van der Waals surface area contributed by atoms with Gasteiger partial charge in [0.25, 0.3) is 5.91 Å². The van der Waals surface area contributed by atoms with Crippen LogP contribution in [0.25, 0.3) is 0 Å². The van der Waals surface area contributed by atoms with Crippen molar-refractivity contribution in [1.82, 2.24) is 0 Å². The highest BCUT2D eigenvalue weighted by atomic mass is 35.5. The normalized spacial score (nSPS) is 10.6. The number of amides is 1. The standard InChI is InChI=1S/C17H18ClN3O2/c1-21(2)16-14(18)5-4-6-15(16)20-17(22)13-9-7-12(8-10-13)11-19-23-3/h4-11H,1-3H3,(H,20,22)/b19-11+. The number of anilines is 2. The van der Waals surface area contributed by atoms with Crippen LogP contribution in [0.3, 0.4) is 0 Å². The molecule has 0 saturated heterocycles. The smallest absolute Gasteiger partial charge is 0.255 e. The predicted octanol–water partition coefficient (Wildman–Crippen LogP) is 3.64. The molecular weight excluding hydrogens is 314 g/mol. The molecule has 0 spiro atoms. The van der Waals surface area contributed by atoms with Crippen LogP contribution in [-0.4, -0.2) is 33.3 Å². The molecule has 6 heteroatoms. The minimum atomic E-state index is -0.203. The van der Waals surface area contributed by atoms with Gasteiger partial charge in [-0.25, -0.2) is 0 Å². The van der Waals surface area contributed by atoms with Crippen molar-refractivity contribution in [3.63, 3.8) is 0 Å². The molecule has 0 unspecified atom stereocenters. The number of hydrogen-bond acceptors (Lipinski definition) is 4. The van der Waals surface area contributed by atoms with Crippen LogP contribution < -0.4 is 10.2 Å². The summed E-state index contributed by atoms with van der Waals surface area (Å²) in [5.74, 6) is -0.203. The summed E-state index contributed by atoms with van der Waals surface area (Å²) in [6.45, 7) is 0. The summed E-state index contributed by atoms with van der Waals surface area (Å²) in [5.41, 5.74) is 2.83. The number of carbonyl (C=O) groups is 1. The summed E-state index contributed by atoms with van der Waals surface area (Å²) in [6.07, 6.45) is 1.57. The molecule has 0 aliphatic heterocycles. The summed E-state index contributed by atoms with van der Waals surface area (Å²) >= 11 is 6.20. The van der Waals surface area contributed by atoms with E-state index in [1.807, 2.05) is 25.1 Å². The van der Waals surface area contributed by atoms with Crippen LogP contribution in [-0.2, 0) is 4.84 Å². The molecule has 2 aromatic rings. The third-order valence-corrected chi connectivity index (χ3v) is 3.47. The van der Waals surface area contributed by atoms with Gasteiger partial charge < -0.3 is 15.1 Å². The fraction of sp³-hybridized carbons (Fsp3) is 0.176. The first-order valence-corrected chi connectivity index (χ1v) is 7.34. The van der Waals surface area contributed by atoms with Gasteiger partial charge >= 0.3 is 0 Å². The van der Waals surface area contributed by atoms with Gasteiger partial charge in [-0.1, -0.05) is 35.0 Å². The first-order chi connectivity index (χ1) is 11.0. The average molecular weight is 332 g/mol. The van der Waals surface area contributed by atoms with Gasteiger partial charge in [0, 0.05) is 19.7 Å². The van der Waals surface area contributed by atoms with Gasteiger partial charge in [-0.15, -0.1) is 0 Å². The van der Waals surface area contributed by atoms with E-state index in [1.165, 1.54) is 7.11 Å². The van der Waals surface area contributed by atoms with E-state index in [4.69, 9.17) is 11.6 Å². The second-order valence-corrected chi connectivity index (χ2v) is 5.43. The monoisotopic (exact) mass is 331 g/mol. The summed E-state index contributed by atoms with van der Waals surface area (Å²) in [5, 5.41) is 7.15. The largest absolute Gasteiger partial charge is 0.399 e. The number of halogens is 1. The van der Waals surface area contributed by atoms with Crippen LogP contribution in [0.4, 0.5) is 11.4 Å². The first-order valence-electron chi connectivity index (χ1n) is 6.96. The van der Waals surface area contributed by atoms with Crippen molar-refractivity contribution in [1.29, 1.82) is 0 Å². The molecule has 0 atom stereocenters. The molecule has 0 bridgehead atoms. The number of para-hydroxylation sites is 1. The minimum absolute atomic E-state index is 0.203.